The number of amides is 1. The van der Waals surface area contributed by atoms with Gasteiger partial charge in [0.25, 0.3) is 5.91 Å². The lowest BCUT2D eigenvalue weighted by Gasteiger charge is -2.34. The van der Waals surface area contributed by atoms with Crippen molar-refractivity contribution >= 4 is 5.91 Å². The van der Waals surface area contributed by atoms with Gasteiger partial charge in [-0.05, 0) is 60.2 Å². The van der Waals surface area contributed by atoms with E-state index in [1.165, 1.54) is 23.1 Å². The molecule has 2 aliphatic rings. The van der Waals surface area contributed by atoms with Gasteiger partial charge in [0.1, 0.15) is 0 Å². The second-order valence-corrected chi connectivity index (χ2v) is 6.76. The Morgan fingerprint density at radius 2 is 1.71 bits per heavy atom. The van der Waals surface area contributed by atoms with Crippen molar-refractivity contribution in [2.45, 2.75) is 25.8 Å². The summed E-state index contributed by atoms with van der Waals surface area (Å²) in [5, 5.41) is 0. The summed E-state index contributed by atoms with van der Waals surface area (Å²) < 4.78 is 0. The topological polar surface area (TPSA) is 36.4 Å². The minimum atomic E-state index is 0.188. The van der Waals surface area contributed by atoms with Crippen molar-refractivity contribution in [2.75, 3.05) is 26.2 Å². The fraction of sp³-hybridized carbons (Fsp3) is 0.400. The molecule has 1 aliphatic carbocycles. The molecule has 24 heavy (non-hydrogen) atoms. The van der Waals surface area contributed by atoms with Crippen LogP contribution in [-0.2, 0) is 19.4 Å². The highest BCUT2D eigenvalue weighted by Gasteiger charge is 2.23. The third-order valence-corrected chi connectivity index (χ3v) is 5.16. The van der Waals surface area contributed by atoms with E-state index in [0.29, 0.717) is 0 Å². The summed E-state index contributed by atoms with van der Waals surface area (Å²) >= 11 is 0. The molecule has 1 saturated heterocycles. The summed E-state index contributed by atoms with van der Waals surface area (Å²) in [4.78, 5) is 21.2. The number of rotatable bonds is 3. The van der Waals surface area contributed by atoms with E-state index in [-0.39, 0.29) is 5.91 Å². The predicted octanol–water partition coefficient (Wildman–Crippen LogP) is 2.53. The smallest absolute Gasteiger partial charge is 0.253 e. The molecule has 0 radical (unpaired) electrons. The normalized spacial score (nSPS) is 17.8. The quantitative estimate of drug-likeness (QED) is 0.872. The van der Waals surface area contributed by atoms with Crippen LogP contribution in [0.3, 0.4) is 0 Å². The highest BCUT2D eigenvalue weighted by molar-refractivity contribution is 5.94. The van der Waals surface area contributed by atoms with Crippen LogP contribution >= 0.6 is 0 Å². The molecule has 1 fully saturated rings. The van der Waals surface area contributed by atoms with Gasteiger partial charge in [-0.1, -0.05) is 6.07 Å². The molecule has 0 spiro atoms. The van der Waals surface area contributed by atoms with Crippen molar-refractivity contribution < 1.29 is 4.79 Å². The molecule has 0 atom stereocenters. The number of pyridine rings is 1. The van der Waals surface area contributed by atoms with E-state index in [1.807, 2.05) is 23.4 Å². The zero-order valence-corrected chi connectivity index (χ0v) is 13.9. The summed E-state index contributed by atoms with van der Waals surface area (Å²) in [6, 6.07) is 10.4. The number of aromatic nitrogens is 1. The molecule has 4 rings (SSSR count). The number of hydrogen-bond acceptors (Lipinski definition) is 3. The summed E-state index contributed by atoms with van der Waals surface area (Å²) in [5.74, 6) is 0.188. The monoisotopic (exact) mass is 321 g/mol. The average Bonchev–Trinajstić information content (AvgIpc) is 3.10. The van der Waals surface area contributed by atoms with Crippen molar-refractivity contribution in [1.82, 2.24) is 14.8 Å². The maximum absolute atomic E-state index is 12.8. The summed E-state index contributed by atoms with van der Waals surface area (Å²) in [7, 11) is 0. The van der Waals surface area contributed by atoms with E-state index in [0.717, 1.165) is 51.1 Å². The molecule has 1 aromatic carbocycles. The number of hydrogen-bond donors (Lipinski definition) is 0. The van der Waals surface area contributed by atoms with Crippen molar-refractivity contribution in [3.63, 3.8) is 0 Å². The molecule has 0 N–H and O–H groups in total. The van der Waals surface area contributed by atoms with E-state index < -0.39 is 0 Å². The van der Waals surface area contributed by atoms with Gasteiger partial charge >= 0.3 is 0 Å². The highest BCUT2D eigenvalue weighted by Crippen LogP contribution is 2.23. The SMILES string of the molecule is O=C(c1ccc2c(c1)CCC2)N1CCN(Cc2ccncc2)CC1. The molecule has 0 bridgehead atoms. The number of nitrogens with zero attached hydrogens (tertiary/aromatic N) is 3. The van der Waals surface area contributed by atoms with Crippen LogP contribution in [0.5, 0.6) is 0 Å². The van der Waals surface area contributed by atoms with E-state index in [2.05, 4.69) is 34.1 Å². The molecule has 1 aliphatic heterocycles. The lowest BCUT2D eigenvalue weighted by molar-refractivity contribution is 0.0628. The number of piperazine rings is 1. The van der Waals surface area contributed by atoms with Gasteiger partial charge in [-0.2, -0.15) is 0 Å². The highest BCUT2D eigenvalue weighted by atomic mass is 16.2. The number of fused-ring (bicyclic) bond motifs is 1. The molecule has 4 heteroatoms. The molecule has 2 aromatic rings. The largest absolute Gasteiger partial charge is 0.336 e. The zero-order chi connectivity index (χ0) is 16.4. The van der Waals surface area contributed by atoms with E-state index in [9.17, 15) is 4.79 Å². The van der Waals surface area contributed by atoms with Gasteiger partial charge in [-0.15, -0.1) is 0 Å². The van der Waals surface area contributed by atoms with Gasteiger partial charge in [-0.3, -0.25) is 14.7 Å². The number of benzene rings is 1. The van der Waals surface area contributed by atoms with Crippen LogP contribution in [0.15, 0.2) is 42.7 Å². The lowest BCUT2D eigenvalue weighted by atomic mass is 10.1. The van der Waals surface area contributed by atoms with Crippen molar-refractivity contribution in [2.24, 2.45) is 0 Å². The van der Waals surface area contributed by atoms with Gasteiger partial charge in [0.15, 0.2) is 0 Å². The van der Waals surface area contributed by atoms with Crippen molar-refractivity contribution in [3.05, 3.63) is 65.0 Å². The Bertz CT molecular complexity index is 721. The molecule has 0 unspecified atom stereocenters. The number of carbonyl (C=O) groups is 1. The fourth-order valence-corrected chi connectivity index (χ4v) is 3.74. The molecule has 2 heterocycles. The van der Waals surface area contributed by atoms with Gasteiger partial charge in [0.2, 0.25) is 0 Å². The van der Waals surface area contributed by atoms with E-state index >= 15 is 0 Å². The summed E-state index contributed by atoms with van der Waals surface area (Å²) in [5.41, 5.74) is 4.94. The second-order valence-electron chi connectivity index (χ2n) is 6.76. The van der Waals surface area contributed by atoms with Crippen LogP contribution in [0.4, 0.5) is 0 Å². The van der Waals surface area contributed by atoms with Crippen LogP contribution < -0.4 is 0 Å². The summed E-state index contributed by atoms with van der Waals surface area (Å²) in [6.07, 6.45) is 7.18. The Labute approximate surface area is 143 Å². The first kappa shape index (κ1) is 15.3. The maximum atomic E-state index is 12.8. The first-order valence-corrected chi connectivity index (χ1v) is 8.82. The molecular weight excluding hydrogens is 298 g/mol. The molecule has 1 amide bonds. The van der Waals surface area contributed by atoms with Gasteiger partial charge in [0.05, 0.1) is 0 Å². The summed E-state index contributed by atoms with van der Waals surface area (Å²) in [6.45, 7) is 4.41. The lowest BCUT2D eigenvalue weighted by Crippen LogP contribution is -2.48. The molecule has 124 valence electrons. The Morgan fingerprint density at radius 3 is 2.50 bits per heavy atom. The van der Waals surface area contributed by atoms with E-state index in [4.69, 9.17) is 0 Å². The van der Waals surface area contributed by atoms with Crippen LogP contribution in [0.1, 0.15) is 33.5 Å². The van der Waals surface area contributed by atoms with Crippen LogP contribution in [0.25, 0.3) is 0 Å². The predicted molar refractivity (Wildman–Crippen MR) is 93.9 cm³/mol. The van der Waals surface area contributed by atoms with Crippen molar-refractivity contribution in [3.8, 4) is 0 Å². The minimum absolute atomic E-state index is 0.188. The average molecular weight is 321 g/mol. The standard InChI is InChI=1S/C20H23N3O/c24-20(19-5-4-17-2-1-3-18(17)14-19)23-12-10-22(11-13-23)15-16-6-8-21-9-7-16/h4-9,14H,1-3,10-13,15H2. The van der Waals surface area contributed by atoms with Gasteiger partial charge in [-0.25, -0.2) is 0 Å². The van der Waals surface area contributed by atoms with Crippen LogP contribution in [-0.4, -0.2) is 46.9 Å². The Morgan fingerprint density at radius 1 is 0.958 bits per heavy atom. The minimum Gasteiger partial charge on any atom is -0.336 e. The Balaban J connectivity index is 1.36. The van der Waals surface area contributed by atoms with Crippen LogP contribution in [0, 0.1) is 0 Å². The molecular formula is C20H23N3O. The van der Waals surface area contributed by atoms with Crippen LogP contribution in [0.2, 0.25) is 0 Å². The van der Waals surface area contributed by atoms with Crippen molar-refractivity contribution in [1.29, 1.82) is 0 Å². The third-order valence-electron chi connectivity index (χ3n) is 5.16. The maximum Gasteiger partial charge on any atom is 0.253 e. The van der Waals surface area contributed by atoms with Gasteiger partial charge in [0, 0.05) is 50.7 Å². The van der Waals surface area contributed by atoms with E-state index in [1.54, 1.807) is 0 Å². The first-order valence-electron chi connectivity index (χ1n) is 8.82. The first-order chi connectivity index (χ1) is 11.8. The Kier molecular flexibility index (Phi) is 4.30. The fourth-order valence-electron chi connectivity index (χ4n) is 3.74. The zero-order valence-electron chi connectivity index (χ0n) is 13.9. The number of carbonyl (C=O) groups excluding carboxylic acids is 1. The molecule has 4 nitrogen and oxygen atoms in total. The Hall–Kier alpha value is -2.20. The molecule has 0 saturated carbocycles. The van der Waals surface area contributed by atoms with Gasteiger partial charge < -0.3 is 4.90 Å². The molecule has 1 aromatic heterocycles. The second kappa shape index (κ2) is 6.73. The number of aryl methyl sites for hydroxylation is 2. The third kappa shape index (κ3) is 3.20.